The molecule has 0 unspecified atom stereocenters. The molecule has 0 bridgehead atoms. The van der Waals surface area contributed by atoms with Crippen molar-refractivity contribution in [1.82, 2.24) is 0 Å². The van der Waals surface area contributed by atoms with Gasteiger partial charge in [-0.05, 0) is 75.0 Å². The number of hydrogen-bond donors (Lipinski definition) is 0. The first-order chi connectivity index (χ1) is 12.5. The summed E-state index contributed by atoms with van der Waals surface area (Å²) in [6, 6.07) is 8.63. The molecule has 0 radical (unpaired) electrons. The molecule has 27 heavy (non-hydrogen) atoms. The predicted molar refractivity (Wildman–Crippen MR) is 111 cm³/mol. The second-order valence-electron chi connectivity index (χ2n) is 9.53. The third kappa shape index (κ3) is 5.73. The molecule has 1 aliphatic carbocycles. The molecule has 0 N–H and O–H groups in total. The quantitative estimate of drug-likeness (QED) is 0.526. The summed E-state index contributed by atoms with van der Waals surface area (Å²) in [5, 5.41) is 0. The van der Waals surface area contributed by atoms with Gasteiger partial charge in [0, 0.05) is 0 Å². The Kier molecular flexibility index (Phi) is 6.99. The highest BCUT2D eigenvalue weighted by molar-refractivity contribution is 5.71. The minimum atomic E-state index is -0.136. The van der Waals surface area contributed by atoms with Crippen LogP contribution in [0.5, 0.6) is 5.75 Å². The maximum absolute atomic E-state index is 11.8. The standard InChI is InChI=1S/C24H38O3/c1-8-23(4,5)27-21-15-11-19(12-16-21)24(6,7)18-9-13-20(14-10-18)26-22(25)17(2)3/h11-12,15-18,20H,8-10,13-14H2,1-7H3. The van der Waals surface area contributed by atoms with Gasteiger partial charge in [-0.2, -0.15) is 0 Å². The summed E-state index contributed by atoms with van der Waals surface area (Å²) < 4.78 is 11.7. The summed E-state index contributed by atoms with van der Waals surface area (Å²) in [6.07, 6.45) is 5.22. The first-order valence-corrected chi connectivity index (χ1v) is 10.5. The van der Waals surface area contributed by atoms with Gasteiger partial charge in [-0.3, -0.25) is 4.79 Å². The number of carbonyl (C=O) groups excluding carboxylic acids is 1. The fourth-order valence-electron chi connectivity index (χ4n) is 3.78. The zero-order valence-electron chi connectivity index (χ0n) is 18.3. The Morgan fingerprint density at radius 2 is 1.59 bits per heavy atom. The lowest BCUT2D eigenvalue weighted by Gasteiger charge is -2.39. The van der Waals surface area contributed by atoms with Gasteiger partial charge in [-0.1, -0.05) is 46.8 Å². The molecule has 1 fully saturated rings. The average molecular weight is 375 g/mol. The van der Waals surface area contributed by atoms with Crippen molar-refractivity contribution >= 4 is 5.97 Å². The van der Waals surface area contributed by atoms with Gasteiger partial charge in [0.15, 0.2) is 0 Å². The molecule has 0 atom stereocenters. The molecule has 0 amide bonds. The lowest BCUT2D eigenvalue weighted by molar-refractivity contribution is -0.155. The van der Waals surface area contributed by atoms with Crippen molar-refractivity contribution in [3.8, 4) is 5.75 Å². The van der Waals surface area contributed by atoms with Crippen molar-refractivity contribution in [3.05, 3.63) is 29.8 Å². The molecular formula is C24H38O3. The summed E-state index contributed by atoms with van der Waals surface area (Å²) in [5.74, 6) is 1.43. The van der Waals surface area contributed by atoms with E-state index in [1.165, 1.54) is 5.56 Å². The second-order valence-corrected chi connectivity index (χ2v) is 9.53. The summed E-state index contributed by atoms with van der Waals surface area (Å²) in [5.41, 5.74) is 1.32. The fraction of sp³-hybridized carbons (Fsp3) is 0.708. The maximum Gasteiger partial charge on any atom is 0.308 e. The van der Waals surface area contributed by atoms with Crippen LogP contribution in [0.3, 0.4) is 0 Å². The SMILES string of the molecule is CCC(C)(C)Oc1ccc(C(C)(C)C2CCC(OC(=O)C(C)C)CC2)cc1. The number of esters is 1. The summed E-state index contributed by atoms with van der Waals surface area (Å²) >= 11 is 0. The Hall–Kier alpha value is -1.51. The highest BCUT2D eigenvalue weighted by Gasteiger charge is 2.35. The maximum atomic E-state index is 11.8. The number of ether oxygens (including phenoxy) is 2. The van der Waals surface area contributed by atoms with Crippen LogP contribution in [0.25, 0.3) is 0 Å². The van der Waals surface area contributed by atoms with Crippen LogP contribution in [0.15, 0.2) is 24.3 Å². The van der Waals surface area contributed by atoms with Crippen molar-refractivity contribution < 1.29 is 14.3 Å². The third-order valence-electron chi connectivity index (χ3n) is 6.29. The molecule has 1 aliphatic rings. The normalized spacial score (nSPS) is 21.2. The smallest absolute Gasteiger partial charge is 0.308 e. The predicted octanol–water partition coefficient (Wildman–Crippen LogP) is 6.29. The van der Waals surface area contributed by atoms with E-state index in [1.54, 1.807) is 0 Å². The molecule has 0 saturated heterocycles. The van der Waals surface area contributed by atoms with Crippen LogP contribution in [-0.4, -0.2) is 17.7 Å². The molecular weight excluding hydrogens is 336 g/mol. The van der Waals surface area contributed by atoms with Crippen molar-refractivity contribution in [2.24, 2.45) is 11.8 Å². The number of benzene rings is 1. The van der Waals surface area contributed by atoms with E-state index in [9.17, 15) is 4.79 Å². The Balaban J connectivity index is 1.97. The number of hydrogen-bond acceptors (Lipinski definition) is 3. The van der Waals surface area contributed by atoms with E-state index in [-0.39, 0.29) is 29.0 Å². The van der Waals surface area contributed by atoms with Gasteiger partial charge in [0.1, 0.15) is 17.5 Å². The Labute approximate surface area is 165 Å². The first kappa shape index (κ1) is 21.8. The number of carbonyl (C=O) groups is 1. The van der Waals surface area contributed by atoms with E-state index in [2.05, 4.69) is 58.9 Å². The van der Waals surface area contributed by atoms with Crippen molar-refractivity contribution in [2.75, 3.05) is 0 Å². The van der Waals surface area contributed by atoms with Crippen LogP contribution in [-0.2, 0) is 14.9 Å². The Morgan fingerprint density at radius 3 is 2.07 bits per heavy atom. The zero-order valence-corrected chi connectivity index (χ0v) is 18.3. The van der Waals surface area contributed by atoms with E-state index < -0.39 is 0 Å². The zero-order chi connectivity index (χ0) is 20.2. The molecule has 1 saturated carbocycles. The highest BCUT2D eigenvalue weighted by Crippen LogP contribution is 2.42. The van der Waals surface area contributed by atoms with Crippen LogP contribution in [0.1, 0.15) is 86.1 Å². The minimum absolute atomic E-state index is 0.0439. The Morgan fingerprint density at radius 1 is 1.04 bits per heavy atom. The number of rotatable bonds is 7. The van der Waals surface area contributed by atoms with E-state index >= 15 is 0 Å². The van der Waals surface area contributed by atoms with Crippen molar-refractivity contribution in [3.63, 3.8) is 0 Å². The first-order valence-electron chi connectivity index (χ1n) is 10.5. The average Bonchev–Trinajstić information content (AvgIpc) is 2.62. The van der Waals surface area contributed by atoms with Crippen LogP contribution < -0.4 is 4.74 Å². The van der Waals surface area contributed by atoms with E-state index in [0.29, 0.717) is 5.92 Å². The largest absolute Gasteiger partial charge is 0.488 e. The van der Waals surface area contributed by atoms with Gasteiger partial charge in [-0.15, -0.1) is 0 Å². The van der Waals surface area contributed by atoms with E-state index in [0.717, 1.165) is 37.9 Å². The van der Waals surface area contributed by atoms with Crippen LogP contribution in [0.2, 0.25) is 0 Å². The third-order valence-corrected chi connectivity index (χ3v) is 6.29. The van der Waals surface area contributed by atoms with Gasteiger partial charge in [-0.25, -0.2) is 0 Å². The molecule has 3 nitrogen and oxygen atoms in total. The van der Waals surface area contributed by atoms with Crippen LogP contribution in [0.4, 0.5) is 0 Å². The van der Waals surface area contributed by atoms with Crippen molar-refractivity contribution in [1.29, 1.82) is 0 Å². The Bertz CT molecular complexity index is 605. The molecule has 2 rings (SSSR count). The molecule has 1 aromatic carbocycles. The summed E-state index contributed by atoms with van der Waals surface area (Å²) in [7, 11) is 0. The lowest BCUT2D eigenvalue weighted by atomic mass is 9.67. The van der Waals surface area contributed by atoms with Crippen molar-refractivity contribution in [2.45, 2.75) is 97.7 Å². The molecule has 0 aliphatic heterocycles. The molecule has 0 aromatic heterocycles. The summed E-state index contributed by atoms with van der Waals surface area (Å²) in [6.45, 7) is 14.9. The topological polar surface area (TPSA) is 35.5 Å². The molecule has 0 spiro atoms. The van der Waals surface area contributed by atoms with Gasteiger partial charge in [0.2, 0.25) is 0 Å². The molecule has 3 heteroatoms. The van der Waals surface area contributed by atoms with Gasteiger partial charge < -0.3 is 9.47 Å². The van der Waals surface area contributed by atoms with Gasteiger partial charge in [0.25, 0.3) is 0 Å². The van der Waals surface area contributed by atoms with Crippen LogP contribution in [0, 0.1) is 11.8 Å². The second kappa shape index (κ2) is 8.67. The highest BCUT2D eigenvalue weighted by atomic mass is 16.5. The molecule has 0 heterocycles. The van der Waals surface area contributed by atoms with E-state index in [1.807, 2.05) is 13.8 Å². The van der Waals surface area contributed by atoms with Gasteiger partial charge >= 0.3 is 5.97 Å². The van der Waals surface area contributed by atoms with E-state index in [4.69, 9.17) is 9.47 Å². The molecule has 152 valence electrons. The summed E-state index contributed by atoms with van der Waals surface area (Å²) in [4.78, 5) is 11.8. The lowest BCUT2D eigenvalue weighted by Crippen LogP contribution is -2.35. The molecule has 1 aromatic rings. The monoisotopic (exact) mass is 374 g/mol. The fourth-order valence-corrected chi connectivity index (χ4v) is 3.78. The van der Waals surface area contributed by atoms with Crippen LogP contribution >= 0.6 is 0 Å². The van der Waals surface area contributed by atoms with Gasteiger partial charge in [0.05, 0.1) is 5.92 Å². The minimum Gasteiger partial charge on any atom is -0.488 e.